The molecular formula is C15H20N2S. The quantitative estimate of drug-likeness (QED) is 0.893. The van der Waals surface area contributed by atoms with E-state index in [-0.39, 0.29) is 5.41 Å². The first kappa shape index (κ1) is 13.1. The standard InChI is InChI=1S/C15H20N2S/c1-11-12(2)18-14(17-11)16-10-15(3,4)13-8-6-5-7-9-13/h5-9H,10H2,1-4H3,(H,16,17). The number of thiazole rings is 1. The monoisotopic (exact) mass is 260 g/mol. The van der Waals surface area contributed by atoms with Crippen molar-refractivity contribution in [3.8, 4) is 0 Å². The van der Waals surface area contributed by atoms with Crippen LogP contribution in [0.5, 0.6) is 0 Å². The van der Waals surface area contributed by atoms with E-state index in [1.54, 1.807) is 11.3 Å². The van der Waals surface area contributed by atoms with Gasteiger partial charge < -0.3 is 5.32 Å². The summed E-state index contributed by atoms with van der Waals surface area (Å²) in [5, 5.41) is 4.47. The molecule has 2 rings (SSSR count). The normalized spacial score (nSPS) is 11.6. The first-order valence-electron chi connectivity index (χ1n) is 6.22. The highest BCUT2D eigenvalue weighted by Gasteiger charge is 2.20. The van der Waals surface area contributed by atoms with Crippen LogP contribution in [0.4, 0.5) is 5.13 Å². The molecule has 1 aromatic heterocycles. The highest BCUT2D eigenvalue weighted by atomic mass is 32.1. The second kappa shape index (κ2) is 5.11. The number of hydrogen-bond donors (Lipinski definition) is 1. The second-order valence-electron chi connectivity index (χ2n) is 5.26. The van der Waals surface area contributed by atoms with E-state index < -0.39 is 0 Å². The zero-order chi connectivity index (χ0) is 13.2. The van der Waals surface area contributed by atoms with Gasteiger partial charge in [0, 0.05) is 16.8 Å². The fraction of sp³-hybridized carbons (Fsp3) is 0.400. The van der Waals surface area contributed by atoms with Crippen LogP contribution in [-0.4, -0.2) is 11.5 Å². The molecule has 0 aliphatic rings. The van der Waals surface area contributed by atoms with Crippen LogP contribution in [0, 0.1) is 13.8 Å². The first-order valence-corrected chi connectivity index (χ1v) is 7.04. The predicted octanol–water partition coefficient (Wildman–Crippen LogP) is 4.15. The van der Waals surface area contributed by atoms with E-state index in [0.717, 1.165) is 17.4 Å². The Hall–Kier alpha value is -1.35. The number of hydrogen-bond acceptors (Lipinski definition) is 3. The Bertz CT molecular complexity index is 495. The number of aryl methyl sites for hydroxylation is 2. The maximum absolute atomic E-state index is 4.51. The summed E-state index contributed by atoms with van der Waals surface area (Å²) in [6, 6.07) is 10.6. The Morgan fingerprint density at radius 2 is 1.83 bits per heavy atom. The number of rotatable bonds is 4. The Morgan fingerprint density at radius 1 is 1.17 bits per heavy atom. The molecule has 2 aromatic rings. The molecule has 0 atom stereocenters. The van der Waals surface area contributed by atoms with Crippen LogP contribution in [0.2, 0.25) is 0 Å². The molecule has 1 heterocycles. The van der Waals surface area contributed by atoms with Crippen molar-refractivity contribution in [1.29, 1.82) is 0 Å². The Balaban J connectivity index is 2.05. The summed E-state index contributed by atoms with van der Waals surface area (Å²) >= 11 is 1.73. The average molecular weight is 260 g/mol. The first-order chi connectivity index (χ1) is 8.49. The van der Waals surface area contributed by atoms with Crippen molar-refractivity contribution in [1.82, 2.24) is 4.98 Å². The summed E-state index contributed by atoms with van der Waals surface area (Å²) in [7, 11) is 0. The van der Waals surface area contributed by atoms with Crippen molar-refractivity contribution in [3.05, 3.63) is 46.5 Å². The van der Waals surface area contributed by atoms with Crippen LogP contribution in [0.25, 0.3) is 0 Å². The molecule has 18 heavy (non-hydrogen) atoms. The fourth-order valence-electron chi connectivity index (χ4n) is 1.84. The van der Waals surface area contributed by atoms with Crippen LogP contribution in [-0.2, 0) is 5.41 Å². The van der Waals surface area contributed by atoms with Gasteiger partial charge in [-0.1, -0.05) is 44.2 Å². The molecule has 2 nitrogen and oxygen atoms in total. The molecule has 1 N–H and O–H groups in total. The third-order valence-electron chi connectivity index (χ3n) is 3.27. The maximum Gasteiger partial charge on any atom is 0.183 e. The van der Waals surface area contributed by atoms with Gasteiger partial charge >= 0.3 is 0 Å². The summed E-state index contributed by atoms with van der Waals surface area (Å²) < 4.78 is 0. The van der Waals surface area contributed by atoms with Gasteiger partial charge in [0.25, 0.3) is 0 Å². The molecule has 0 amide bonds. The van der Waals surface area contributed by atoms with Gasteiger partial charge in [-0.25, -0.2) is 4.98 Å². The summed E-state index contributed by atoms with van der Waals surface area (Å²) in [6.07, 6.45) is 0. The van der Waals surface area contributed by atoms with E-state index in [1.807, 2.05) is 0 Å². The summed E-state index contributed by atoms with van der Waals surface area (Å²) in [5.41, 5.74) is 2.58. The SMILES string of the molecule is Cc1nc(NCC(C)(C)c2ccccc2)sc1C. The van der Waals surface area contributed by atoms with Crippen molar-refractivity contribution in [2.45, 2.75) is 33.1 Å². The van der Waals surface area contributed by atoms with E-state index >= 15 is 0 Å². The molecule has 0 saturated carbocycles. The van der Waals surface area contributed by atoms with E-state index in [4.69, 9.17) is 0 Å². The van der Waals surface area contributed by atoms with E-state index in [2.05, 4.69) is 68.3 Å². The number of benzene rings is 1. The molecule has 3 heteroatoms. The third-order valence-corrected chi connectivity index (χ3v) is 4.30. The third kappa shape index (κ3) is 2.91. The van der Waals surface area contributed by atoms with Crippen molar-refractivity contribution in [3.63, 3.8) is 0 Å². The number of anilines is 1. The Kier molecular flexibility index (Phi) is 3.71. The minimum atomic E-state index is 0.106. The summed E-state index contributed by atoms with van der Waals surface area (Å²) in [5.74, 6) is 0. The van der Waals surface area contributed by atoms with Gasteiger partial charge in [0.05, 0.1) is 5.69 Å². The van der Waals surface area contributed by atoms with Crippen LogP contribution >= 0.6 is 11.3 Å². The minimum absolute atomic E-state index is 0.106. The van der Waals surface area contributed by atoms with Gasteiger partial charge in [0.1, 0.15) is 0 Å². The Morgan fingerprint density at radius 3 is 2.39 bits per heavy atom. The number of nitrogens with zero attached hydrogens (tertiary/aromatic N) is 1. The topological polar surface area (TPSA) is 24.9 Å². The molecule has 0 bridgehead atoms. The van der Waals surface area contributed by atoms with Gasteiger partial charge in [-0.2, -0.15) is 0 Å². The fourth-order valence-corrected chi connectivity index (χ4v) is 2.65. The summed E-state index contributed by atoms with van der Waals surface area (Å²) in [4.78, 5) is 5.80. The predicted molar refractivity (Wildman–Crippen MR) is 79.5 cm³/mol. The molecule has 0 spiro atoms. The van der Waals surface area contributed by atoms with Crippen LogP contribution < -0.4 is 5.32 Å². The number of nitrogens with one attached hydrogen (secondary N) is 1. The molecule has 1 aromatic carbocycles. The van der Waals surface area contributed by atoms with Crippen molar-refractivity contribution >= 4 is 16.5 Å². The zero-order valence-electron chi connectivity index (χ0n) is 11.4. The highest BCUT2D eigenvalue weighted by molar-refractivity contribution is 7.15. The second-order valence-corrected chi connectivity index (χ2v) is 6.47. The lowest BCUT2D eigenvalue weighted by atomic mass is 9.85. The maximum atomic E-state index is 4.51. The van der Waals surface area contributed by atoms with Gasteiger partial charge in [-0.05, 0) is 19.4 Å². The van der Waals surface area contributed by atoms with Crippen molar-refractivity contribution in [2.75, 3.05) is 11.9 Å². The molecule has 0 unspecified atom stereocenters. The largest absolute Gasteiger partial charge is 0.361 e. The average Bonchev–Trinajstić information content (AvgIpc) is 2.68. The van der Waals surface area contributed by atoms with E-state index in [0.29, 0.717) is 0 Å². The van der Waals surface area contributed by atoms with Crippen molar-refractivity contribution in [2.24, 2.45) is 0 Å². The van der Waals surface area contributed by atoms with Crippen molar-refractivity contribution < 1.29 is 0 Å². The smallest absolute Gasteiger partial charge is 0.183 e. The molecule has 0 saturated heterocycles. The lowest BCUT2D eigenvalue weighted by molar-refractivity contribution is 0.557. The molecule has 0 aliphatic heterocycles. The highest BCUT2D eigenvalue weighted by Crippen LogP contribution is 2.26. The van der Waals surface area contributed by atoms with Gasteiger partial charge in [0.15, 0.2) is 5.13 Å². The number of aromatic nitrogens is 1. The molecule has 96 valence electrons. The Labute approximate surface area is 113 Å². The molecule has 0 radical (unpaired) electrons. The lowest BCUT2D eigenvalue weighted by Crippen LogP contribution is -2.27. The van der Waals surface area contributed by atoms with E-state index in [9.17, 15) is 0 Å². The summed E-state index contributed by atoms with van der Waals surface area (Å²) in [6.45, 7) is 9.56. The minimum Gasteiger partial charge on any atom is -0.361 e. The zero-order valence-corrected chi connectivity index (χ0v) is 12.3. The van der Waals surface area contributed by atoms with Gasteiger partial charge in [0.2, 0.25) is 0 Å². The van der Waals surface area contributed by atoms with Gasteiger partial charge in [-0.3, -0.25) is 0 Å². The van der Waals surface area contributed by atoms with E-state index in [1.165, 1.54) is 10.4 Å². The lowest BCUT2D eigenvalue weighted by Gasteiger charge is -2.25. The molecular weight excluding hydrogens is 240 g/mol. The van der Waals surface area contributed by atoms with Crippen LogP contribution in [0.15, 0.2) is 30.3 Å². The van der Waals surface area contributed by atoms with Crippen LogP contribution in [0.3, 0.4) is 0 Å². The van der Waals surface area contributed by atoms with Gasteiger partial charge in [-0.15, -0.1) is 11.3 Å². The molecule has 0 fully saturated rings. The van der Waals surface area contributed by atoms with Crippen LogP contribution in [0.1, 0.15) is 30.0 Å². The molecule has 0 aliphatic carbocycles.